The molecular weight excluding hydrogens is 307 g/mol. The van der Waals surface area contributed by atoms with Crippen LogP contribution in [0.5, 0.6) is 0 Å². The van der Waals surface area contributed by atoms with Crippen molar-refractivity contribution in [2.75, 3.05) is 5.32 Å². The summed E-state index contributed by atoms with van der Waals surface area (Å²) in [6, 6.07) is 13.6. The quantitative estimate of drug-likeness (QED) is 0.739. The summed E-state index contributed by atoms with van der Waals surface area (Å²) in [5, 5.41) is 4.47. The minimum absolute atomic E-state index is 0.226. The molecule has 0 bridgehead atoms. The van der Waals surface area contributed by atoms with Crippen molar-refractivity contribution in [3.8, 4) is 0 Å². The molecule has 1 amide bonds. The lowest BCUT2D eigenvalue weighted by Crippen LogP contribution is -2.11. The van der Waals surface area contributed by atoms with E-state index in [-0.39, 0.29) is 5.91 Å². The second-order valence-corrected chi connectivity index (χ2v) is 5.48. The molecule has 3 rings (SSSR count). The molecule has 0 aliphatic carbocycles. The first-order valence-corrected chi connectivity index (χ1v) is 7.04. The first-order valence-electron chi connectivity index (χ1n) is 6.28. The lowest BCUT2D eigenvalue weighted by atomic mass is 10.1. The molecule has 0 spiro atoms. The van der Waals surface area contributed by atoms with Crippen LogP contribution in [0.15, 0.2) is 42.6 Å². The fourth-order valence-corrected chi connectivity index (χ4v) is 2.58. The normalized spacial score (nSPS) is 10.8. The maximum absolute atomic E-state index is 12.5. The number of benzene rings is 2. The Kier molecular flexibility index (Phi) is 3.62. The van der Waals surface area contributed by atoms with Crippen molar-refractivity contribution in [3.05, 3.63) is 64.3 Å². The zero-order valence-electron chi connectivity index (χ0n) is 11.2. The van der Waals surface area contributed by atoms with E-state index in [9.17, 15) is 4.79 Å². The molecule has 2 aromatic carbocycles. The van der Waals surface area contributed by atoms with Gasteiger partial charge in [0, 0.05) is 30.2 Å². The van der Waals surface area contributed by atoms with Gasteiger partial charge < -0.3 is 9.88 Å². The number of nitrogens with zero attached hydrogens (tertiary/aromatic N) is 1. The molecule has 21 heavy (non-hydrogen) atoms. The SMILES string of the molecule is Cn1cc(C(=O)Nc2cc(Cl)[c]cc2Cl)c2ccccc21. The standard InChI is InChI=1S/C16H11Cl2N2O/c1-20-9-12(11-4-2-3-5-15(11)20)16(21)19-14-8-10(17)6-7-13(14)18/h2-5,7-9H,1H3,(H,19,21). The Morgan fingerprint density at radius 2 is 2.05 bits per heavy atom. The Labute approximate surface area is 132 Å². The van der Waals surface area contributed by atoms with Crippen LogP contribution >= 0.6 is 23.2 Å². The smallest absolute Gasteiger partial charge is 0.257 e. The summed E-state index contributed by atoms with van der Waals surface area (Å²) in [7, 11) is 1.90. The molecule has 1 N–H and O–H groups in total. The molecule has 0 saturated heterocycles. The lowest BCUT2D eigenvalue weighted by molar-refractivity contribution is 0.102. The second-order valence-electron chi connectivity index (χ2n) is 4.67. The van der Waals surface area contributed by atoms with Crippen molar-refractivity contribution in [2.24, 2.45) is 7.05 Å². The van der Waals surface area contributed by atoms with Gasteiger partial charge in [0.15, 0.2) is 0 Å². The van der Waals surface area contributed by atoms with Gasteiger partial charge in [-0.2, -0.15) is 0 Å². The van der Waals surface area contributed by atoms with E-state index in [1.54, 1.807) is 12.3 Å². The number of amides is 1. The Hall–Kier alpha value is -1.97. The molecule has 0 atom stereocenters. The highest BCUT2D eigenvalue weighted by molar-refractivity contribution is 6.36. The molecule has 3 nitrogen and oxygen atoms in total. The van der Waals surface area contributed by atoms with E-state index in [4.69, 9.17) is 23.2 Å². The summed E-state index contributed by atoms with van der Waals surface area (Å²) in [6.07, 6.45) is 1.80. The van der Waals surface area contributed by atoms with E-state index in [1.807, 2.05) is 35.9 Å². The van der Waals surface area contributed by atoms with Crippen molar-refractivity contribution < 1.29 is 4.79 Å². The van der Waals surface area contributed by atoms with Gasteiger partial charge in [-0.05, 0) is 18.2 Å². The highest BCUT2D eigenvalue weighted by atomic mass is 35.5. The molecule has 0 saturated carbocycles. The summed E-state index contributed by atoms with van der Waals surface area (Å²) in [5.74, 6) is -0.226. The number of hydrogen-bond acceptors (Lipinski definition) is 1. The van der Waals surface area contributed by atoms with Crippen LogP contribution < -0.4 is 5.32 Å². The van der Waals surface area contributed by atoms with Crippen molar-refractivity contribution in [1.82, 2.24) is 4.57 Å². The van der Waals surface area contributed by atoms with Gasteiger partial charge >= 0.3 is 0 Å². The van der Waals surface area contributed by atoms with E-state index >= 15 is 0 Å². The van der Waals surface area contributed by atoms with E-state index in [0.29, 0.717) is 21.3 Å². The predicted molar refractivity (Wildman–Crippen MR) is 86.2 cm³/mol. The maximum Gasteiger partial charge on any atom is 0.257 e. The number of hydrogen-bond donors (Lipinski definition) is 1. The van der Waals surface area contributed by atoms with E-state index in [2.05, 4.69) is 11.4 Å². The summed E-state index contributed by atoms with van der Waals surface area (Å²) in [5.41, 5.74) is 2.06. The maximum atomic E-state index is 12.5. The van der Waals surface area contributed by atoms with Crippen LogP contribution in [-0.2, 0) is 7.05 Å². The van der Waals surface area contributed by atoms with Gasteiger partial charge in [-0.25, -0.2) is 0 Å². The first kappa shape index (κ1) is 14.0. The van der Waals surface area contributed by atoms with Crippen LogP contribution in [0.2, 0.25) is 10.0 Å². The van der Waals surface area contributed by atoms with Crippen LogP contribution in [0.4, 0.5) is 5.69 Å². The average molecular weight is 318 g/mol. The molecule has 0 fully saturated rings. The summed E-state index contributed by atoms with van der Waals surface area (Å²) < 4.78 is 1.91. The van der Waals surface area contributed by atoms with Gasteiger partial charge in [-0.15, -0.1) is 0 Å². The van der Waals surface area contributed by atoms with Gasteiger partial charge in [0.1, 0.15) is 0 Å². The number of para-hydroxylation sites is 1. The molecule has 0 aliphatic heterocycles. The van der Waals surface area contributed by atoms with Crippen molar-refractivity contribution in [3.63, 3.8) is 0 Å². The first-order chi connectivity index (χ1) is 10.1. The highest BCUT2D eigenvalue weighted by Crippen LogP contribution is 2.27. The van der Waals surface area contributed by atoms with Crippen LogP contribution in [-0.4, -0.2) is 10.5 Å². The molecule has 0 aliphatic rings. The van der Waals surface area contributed by atoms with Crippen molar-refractivity contribution in [2.45, 2.75) is 0 Å². The van der Waals surface area contributed by atoms with Crippen LogP contribution in [0.25, 0.3) is 10.9 Å². The molecule has 0 unspecified atom stereocenters. The number of carbonyl (C=O) groups is 1. The predicted octanol–water partition coefficient (Wildman–Crippen LogP) is 4.54. The number of carbonyl (C=O) groups excluding carboxylic acids is 1. The van der Waals surface area contributed by atoms with E-state index in [1.165, 1.54) is 6.07 Å². The Balaban J connectivity index is 2.00. The second kappa shape index (κ2) is 5.43. The van der Waals surface area contributed by atoms with Crippen LogP contribution in [0.3, 0.4) is 0 Å². The number of fused-ring (bicyclic) bond motifs is 1. The third-order valence-corrected chi connectivity index (χ3v) is 3.79. The number of nitrogens with one attached hydrogen (secondary N) is 1. The zero-order chi connectivity index (χ0) is 15.0. The van der Waals surface area contributed by atoms with Crippen LogP contribution in [0.1, 0.15) is 10.4 Å². The van der Waals surface area contributed by atoms with E-state index in [0.717, 1.165) is 10.9 Å². The minimum Gasteiger partial charge on any atom is -0.350 e. The minimum atomic E-state index is -0.226. The summed E-state index contributed by atoms with van der Waals surface area (Å²) in [4.78, 5) is 12.5. The number of rotatable bonds is 2. The monoisotopic (exact) mass is 317 g/mol. The Morgan fingerprint density at radius 3 is 2.86 bits per heavy atom. The summed E-state index contributed by atoms with van der Waals surface area (Å²) in [6.45, 7) is 0. The fraction of sp³-hybridized carbons (Fsp3) is 0.0625. The van der Waals surface area contributed by atoms with Crippen LogP contribution in [0, 0.1) is 6.07 Å². The number of aromatic nitrogens is 1. The number of anilines is 1. The largest absolute Gasteiger partial charge is 0.350 e. The Bertz CT molecular complexity index is 839. The molecule has 5 heteroatoms. The molecule has 3 aromatic rings. The topological polar surface area (TPSA) is 34.0 Å². The number of aryl methyl sites for hydroxylation is 1. The van der Waals surface area contributed by atoms with Gasteiger partial charge in [0.2, 0.25) is 0 Å². The average Bonchev–Trinajstić information content (AvgIpc) is 2.81. The van der Waals surface area contributed by atoms with Gasteiger partial charge in [-0.1, -0.05) is 41.4 Å². The van der Waals surface area contributed by atoms with Crippen molar-refractivity contribution >= 4 is 45.7 Å². The third kappa shape index (κ3) is 2.62. The highest BCUT2D eigenvalue weighted by Gasteiger charge is 2.15. The van der Waals surface area contributed by atoms with Gasteiger partial charge in [0.25, 0.3) is 5.91 Å². The molecular formula is C16H11Cl2N2O. The molecule has 105 valence electrons. The van der Waals surface area contributed by atoms with Crippen molar-refractivity contribution in [1.29, 1.82) is 0 Å². The molecule has 1 aromatic heterocycles. The lowest BCUT2D eigenvalue weighted by Gasteiger charge is -2.06. The Morgan fingerprint density at radius 1 is 1.29 bits per heavy atom. The van der Waals surface area contributed by atoms with Gasteiger partial charge in [0.05, 0.1) is 21.3 Å². The fourth-order valence-electron chi connectivity index (χ4n) is 2.26. The van der Waals surface area contributed by atoms with E-state index < -0.39 is 0 Å². The van der Waals surface area contributed by atoms with Gasteiger partial charge in [-0.3, -0.25) is 4.79 Å². The summed E-state index contributed by atoms with van der Waals surface area (Å²) >= 11 is 11.9. The number of halogens is 2. The molecule has 1 heterocycles. The molecule has 1 radical (unpaired) electrons. The zero-order valence-corrected chi connectivity index (χ0v) is 12.7. The third-order valence-electron chi connectivity index (χ3n) is 3.25.